The van der Waals surface area contributed by atoms with Gasteiger partial charge in [-0.2, -0.15) is 0 Å². The monoisotopic (exact) mass is 265 g/mol. The lowest BCUT2D eigenvalue weighted by Crippen LogP contribution is -2.47. The molecule has 0 aromatic heterocycles. The largest absolute Gasteiger partial charge is 0.486 e. The van der Waals surface area contributed by atoms with Crippen LogP contribution in [0, 0.1) is 0 Å². The lowest BCUT2D eigenvalue weighted by Gasteiger charge is -2.31. The minimum Gasteiger partial charge on any atom is -0.486 e. The molecule has 0 saturated carbocycles. The molecule has 2 rings (SSSR count). The normalized spacial score (nSPS) is 14.5. The number of hydrogen-bond donors (Lipinski definition) is 2. The lowest BCUT2D eigenvalue weighted by atomic mass is 9.93. The second kappa shape index (κ2) is 6.26. The SMILES string of the molecule is CCC(CC)(CO)NCc1ccc2c(c1)OCCO2. The van der Waals surface area contributed by atoms with Crippen LogP contribution in [-0.4, -0.2) is 30.5 Å². The second-order valence-corrected chi connectivity index (χ2v) is 4.98. The van der Waals surface area contributed by atoms with Gasteiger partial charge >= 0.3 is 0 Å². The van der Waals surface area contributed by atoms with Crippen molar-refractivity contribution in [3.8, 4) is 11.5 Å². The number of aliphatic hydroxyl groups excluding tert-OH is 1. The molecule has 0 fully saturated rings. The first-order chi connectivity index (χ1) is 9.23. The van der Waals surface area contributed by atoms with Crippen molar-refractivity contribution in [2.45, 2.75) is 38.8 Å². The summed E-state index contributed by atoms with van der Waals surface area (Å²) in [7, 11) is 0. The molecule has 0 spiro atoms. The fraction of sp³-hybridized carbons (Fsp3) is 0.600. The summed E-state index contributed by atoms with van der Waals surface area (Å²) < 4.78 is 11.1. The molecule has 0 aliphatic carbocycles. The number of nitrogens with one attached hydrogen (secondary N) is 1. The highest BCUT2D eigenvalue weighted by Gasteiger charge is 2.24. The molecular weight excluding hydrogens is 242 g/mol. The Morgan fingerprint density at radius 3 is 2.47 bits per heavy atom. The van der Waals surface area contributed by atoms with Crippen LogP contribution in [0.15, 0.2) is 18.2 Å². The van der Waals surface area contributed by atoms with Crippen LogP contribution in [0.1, 0.15) is 32.3 Å². The minimum absolute atomic E-state index is 0.157. The van der Waals surface area contributed by atoms with Gasteiger partial charge in [-0.05, 0) is 30.5 Å². The van der Waals surface area contributed by atoms with Gasteiger partial charge in [0.1, 0.15) is 13.2 Å². The van der Waals surface area contributed by atoms with Gasteiger partial charge in [0.15, 0.2) is 11.5 Å². The van der Waals surface area contributed by atoms with Gasteiger partial charge in [0, 0.05) is 12.1 Å². The molecule has 2 N–H and O–H groups in total. The van der Waals surface area contributed by atoms with E-state index in [1.165, 1.54) is 0 Å². The minimum atomic E-state index is -0.187. The van der Waals surface area contributed by atoms with Crippen molar-refractivity contribution in [1.29, 1.82) is 0 Å². The van der Waals surface area contributed by atoms with E-state index in [0.717, 1.165) is 36.4 Å². The summed E-state index contributed by atoms with van der Waals surface area (Å²) in [5.41, 5.74) is 0.955. The Kier molecular flexibility index (Phi) is 4.66. The Labute approximate surface area is 114 Å². The summed E-state index contributed by atoms with van der Waals surface area (Å²) in [5.74, 6) is 1.63. The van der Waals surface area contributed by atoms with Crippen LogP contribution in [-0.2, 0) is 6.54 Å². The summed E-state index contributed by atoms with van der Waals surface area (Å²) in [6, 6.07) is 5.99. The van der Waals surface area contributed by atoms with Crippen molar-refractivity contribution in [2.24, 2.45) is 0 Å². The lowest BCUT2D eigenvalue weighted by molar-refractivity contribution is 0.149. The molecule has 1 aromatic rings. The van der Waals surface area contributed by atoms with E-state index in [-0.39, 0.29) is 12.1 Å². The molecule has 1 heterocycles. The molecule has 0 bridgehead atoms. The summed E-state index contributed by atoms with van der Waals surface area (Å²) in [4.78, 5) is 0. The molecular formula is C15H23NO3. The molecule has 1 aromatic carbocycles. The highest BCUT2D eigenvalue weighted by Crippen LogP contribution is 2.30. The van der Waals surface area contributed by atoms with Crippen LogP contribution in [0.4, 0.5) is 0 Å². The second-order valence-electron chi connectivity index (χ2n) is 4.98. The highest BCUT2D eigenvalue weighted by molar-refractivity contribution is 5.43. The molecule has 106 valence electrons. The van der Waals surface area contributed by atoms with Gasteiger partial charge in [-0.3, -0.25) is 0 Å². The molecule has 0 unspecified atom stereocenters. The zero-order valence-electron chi connectivity index (χ0n) is 11.7. The highest BCUT2D eigenvalue weighted by atomic mass is 16.6. The van der Waals surface area contributed by atoms with Crippen molar-refractivity contribution in [1.82, 2.24) is 5.32 Å². The van der Waals surface area contributed by atoms with E-state index in [1.807, 2.05) is 18.2 Å². The van der Waals surface area contributed by atoms with Gasteiger partial charge in [0.25, 0.3) is 0 Å². The molecule has 0 amide bonds. The smallest absolute Gasteiger partial charge is 0.161 e. The molecule has 4 nitrogen and oxygen atoms in total. The van der Waals surface area contributed by atoms with E-state index in [2.05, 4.69) is 19.2 Å². The summed E-state index contributed by atoms with van der Waals surface area (Å²) in [6.07, 6.45) is 1.81. The number of hydrogen-bond acceptors (Lipinski definition) is 4. The third-order valence-corrected chi connectivity index (χ3v) is 3.93. The first kappa shape index (κ1) is 14.2. The number of fused-ring (bicyclic) bond motifs is 1. The number of ether oxygens (including phenoxy) is 2. The molecule has 0 saturated heterocycles. The summed E-state index contributed by atoms with van der Waals surface area (Å²) in [5, 5.41) is 13.0. The van der Waals surface area contributed by atoms with E-state index in [9.17, 15) is 5.11 Å². The van der Waals surface area contributed by atoms with Crippen molar-refractivity contribution in [3.63, 3.8) is 0 Å². The molecule has 0 radical (unpaired) electrons. The first-order valence-electron chi connectivity index (χ1n) is 6.97. The van der Waals surface area contributed by atoms with Gasteiger partial charge in [0.2, 0.25) is 0 Å². The van der Waals surface area contributed by atoms with Crippen molar-refractivity contribution < 1.29 is 14.6 Å². The van der Waals surface area contributed by atoms with E-state index in [4.69, 9.17) is 9.47 Å². The Bertz CT molecular complexity index is 408. The van der Waals surface area contributed by atoms with E-state index < -0.39 is 0 Å². The van der Waals surface area contributed by atoms with Crippen LogP contribution in [0.5, 0.6) is 11.5 Å². The van der Waals surface area contributed by atoms with Crippen molar-refractivity contribution in [2.75, 3.05) is 19.8 Å². The van der Waals surface area contributed by atoms with Gasteiger partial charge in [-0.15, -0.1) is 0 Å². The van der Waals surface area contributed by atoms with Crippen molar-refractivity contribution in [3.05, 3.63) is 23.8 Å². The number of aliphatic hydroxyl groups is 1. The number of benzene rings is 1. The van der Waals surface area contributed by atoms with Gasteiger partial charge < -0.3 is 19.9 Å². The molecule has 1 aliphatic rings. The Morgan fingerprint density at radius 1 is 1.16 bits per heavy atom. The average Bonchev–Trinajstić information content (AvgIpc) is 2.49. The maximum atomic E-state index is 9.54. The first-order valence-corrected chi connectivity index (χ1v) is 6.97. The molecule has 19 heavy (non-hydrogen) atoms. The van der Waals surface area contributed by atoms with Crippen LogP contribution in [0.25, 0.3) is 0 Å². The Hall–Kier alpha value is -1.26. The summed E-state index contributed by atoms with van der Waals surface area (Å²) >= 11 is 0. The zero-order valence-corrected chi connectivity index (χ0v) is 11.7. The van der Waals surface area contributed by atoms with Crippen LogP contribution in [0.3, 0.4) is 0 Å². The third-order valence-electron chi connectivity index (χ3n) is 3.93. The fourth-order valence-corrected chi connectivity index (χ4v) is 2.27. The number of rotatable bonds is 6. The standard InChI is InChI=1S/C15H23NO3/c1-3-15(4-2,11-17)16-10-12-5-6-13-14(9-12)19-8-7-18-13/h5-6,9,16-17H,3-4,7-8,10-11H2,1-2H3. The maximum absolute atomic E-state index is 9.54. The third kappa shape index (κ3) is 3.19. The Balaban J connectivity index is 2.03. The molecule has 0 atom stereocenters. The van der Waals surface area contributed by atoms with E-state index in [1.54, 1.807) is 0 Å². The zero-order chi connectivity index (χ0) is 13.7. The summed E-state index contributed by atoms with van der Waals surface area (Å²) in [6.45, 7) is 6.29. The predicted molar refractivity (Wildman–Crippen MR) is 74.7 cm³/mol. The molecule has 1 aliphatic heterocycles. The maximum Gasteiger partial charge on any atom is 0.161 e. The van der Waals surface area contributed by atoms with Crippen LogP contribution < -0.4 is 14.8 Å². The predicted octanol–water partition coefficient (Wildman–Crippen LogP) is 2.10. The van der Waals surface area contributed by atoms with Gasteiger partial charge in [-0.25, -0.2) is 0 Å². The fourth-order valence-electron chi connectivity index (χ4n) is 2.27. The topological polar surface area (TPSA) is 50.7 Å². The van der Waals surface area contributed by atoms with Gasteiger partial charge in [-0.1, -0.05) is 19.9 Å². The Morgan fingerprint density at radius 2 is 1.84 bits per heavy atom. The van der Waals surface area contributed by atoms with E-state index >= 15 is 0 Å². The van der Waals surface area contributed by atoms with Crippen LogP contribution >= 0.6 is 0 Å². The van der Waals surface area contributed by atoms with Gasteiger partial charge in [0.05, 0.1) is 6.61 Å². The quantitative estimate of drug-likeness (QED) is 0.827. The molecule has 4 heteroatoms. The average molecular weight is 265 g/mol. The van der Waals surface area contributed by atoms with Crippen LogP contribution in [0.2, 0.25) is 0 Å². The van der Waals surface area contributed by atoms with E-state index in [0.29, 0.717) is 13.2 Å². The van der Waals surface area contributed by atoms with Crippen molar-refractivity contribution >= 4 is 0 Å².